The lowest BCUT2D eigenvalue weighted by Gasteiger charge is -2.07. The Labute approximate surface area is 168 Å². The number of furan rings is 1. The number of anilines is 1. The van der Waals surface area contributed by atoms with Gasteiger partial charge < -0.3 is 9.73 Å². The quantitative estimate of drug-likeness (QED) is 0.409. The Balaban J connectivity index is 1.81. The number of nitrogens with one attached hydrogen (secondary N) is 1. The summed E-state index contributed by atoms with van der Waals surface area (Å²) < 4.78 is 44.1. The molecule has 2 aromatic carbocycles. The molecule has 0 bridgehead atoms. The molecule has 0 unspecified atom stereocenters. The smallest absolute Gasteiger partial charge is 0.416 e. The molecule has 3 rings (SSSR count). The average Bonchev–Trinajstić information content (AvgIpc) is 3.16. The molecule has 1 heterocycles. The zero-order valence-corrected chi connectivity index (χ0v) is 15.4. The van der Waals surface area contributed by atoms with Crippen molar-refractivity contribution in [2.75, 3.05) is 5.32 Å². The van der Waals surface area contributed by atoms with Crippen molar-refractivity contribution in [3.05, 3.63) is 82.6 Å². The molecule has 4 nitrogen and oxygen atoms in total. The molecule has 0 aliphatic rings. The van der Waals surface area contributed by atoms with Crippen LogP contribution in [-0.2, 0) is 11.0 Å². The lowest BCUT2D eigenvalue weighted by atomic mass is 10.1. The van der Waals surface area contributed by atoms with Crippen molar-refractivity contribution in [1.29, 1.82) is 5.26 Å². The molecule has 0 saturated heterocycles. The van der Waals surface area contributed by atoms with Crippen molar-refractivity contribution in [3.63, 3.8) is 0 Å². The predicted octanol–water partition coefficient (Wildman–Crippen LogP) is 6.16. The number of hydrogen-bond donors (Lipinski definition) is 1. The summed E-state index contributed by atoms with van der Waals surface area (Å²) in [6.07, 6.45) is -3.26. The molecule has 8 heteroatoms. The summed E-state index contributed by atoms with van der Waals surface area (Å²) in [6, 6.07) is 15.7. The van der Waals surface area contributed by atoms with E-state index in [9.17, 15) is 23.2 Å². The lowest BCUT2D eigenvalue weighted by Crippen LogP contribution is -2.13. The molecule has 0 aliphatic carbocycles. The largest absolute Gasteiger partial charge is 0.457 e. The minimum Gasteiger partial charge on any atom is -0.457 e. The standard InChI is InChI=1S/C21H12ClF3N2O2/c22-16-4-6-17(7-5-16)27-20(28)14(12-26)11-18-8-9-19(29-18)13-2-1-3-15(10-13)21(23,24)25/h1-11H,(H,27,28)/b14-11-. The van der Waals surface area contributed by atoms with E-state index in [0.717, 1.165) is 12.1 Å². The normalized spacial score (nSPS) is 11.8. The van der Waals surface area contributed by atoms with E-state index in [4.69, 9.17) is 16.0 Å². The number of halogens is 4. The summed E-state index contributed by atoms with van der Waals surface area (Å²) in [5, 5.41) is 12.3. The summed E-state index contributed by atoms with van der Waals surface area (Å²) in [6.45, 7) is 0. The number of carbonyl (C=O) groups excluding carboxylic acids is 1. The van der Waals surface area contributed by atoms with Gasteiger partial charge in [0.05, 0.1) is 5.56 Å². The molecule has 29 heavy (non-hydrogen) atoms. The summed E-state index contributed by atoms with van der Waals surface area (Å²) in [4.78, 5) is 12.3. The topological polar surface area (TPSA) is 66.0 Å². The van der Waals surface area contributed by atoms with Crippen molar-refractivity contribution in [3.8, 4) is 17.4 Å². The number of hydrogen-bond acceptors (Lipinski definition) is 3. The Bertz CT molecular complexity index is 1110. The Morgan fingerprint density at radius 2 is 1.83 bits per heavy atom. The Kier molecular flexibility index (Phi) is 5.76. The van der Waals surface area contributed by atoms with Gasteiger partial charge in [0.2, 0.25) is 0 Å². The Hall–Kier alpha value is -3.50. The minimum atomic E-state index is -4.47. The van der Waals surface area contributed by atoms with Crippen LogP contribution in [-0.4, -0.2) is 5.91 Å². The van der Waals surface area contributed by atoms with Gasteiger partial charge in [-0.3, -0.25) is 4.79 Å². The van der Waals surface area contributed by atoms with Gasteiger partial charge in [0, 0.05) is 22.3 Å². The summed E-state index contributed by atoms with van der Waals surface area (Å²) in [5.41, 5.74) is -0.360. The van der Waals surface area contributed by atoms with Crippen LogP contribution in [0.5, 0.6) is 0 Å². The zero-order valence-electron chi connectivity index (χ0n) is 14.6. The molecular weight excluding hydrogens is 405 g/mol. The number of carbonyl (C=O) groups is 1. The third-order valence-corrected chi connectivity index (χ3v) is 4.11. The highest BCUT2D eigenvalue weighted by atomic mass is 35.5. The summed E-state index contributed by atoms with van der Waals surface area (Å²) in [7, 11) is 0. The van der Waals surface area contributed by atoms with Crippen LogP contribution in [0.25, 0.3) is 17.4 Å². The van der Waals surface area contributed by atoms with Gasteiger partial charge >= 0.3 is 6.18 Å². The van der Waals surface area contributed by atoms with Gasteiger partial charge in [-0.25, -0.2) is 0 Å². The number of amides is 1. The van der Waals surface area contributed by atoms with E-state index in [1.807, 2.05) is 0 Å². The highest BCUT2D eigenvalue weighted by Crippen LogP contribution is 2.32. The second-order valence-electron chi connectivity index (χ2n) is 5.91. The van der Waals surface area contributed by atoms with Crippen LogP contribution in [0.1, 0.15) is 11.3 Å². The highest BCUT2D eigenvalue weighted by molar-refractivity contribution is 6.30. The molecule has 0 radical (unpaired) electrons. The van der Waals surface area contributed by atoms with Gasteiger partial charge in [-0.05, 0) is 48.5 Å². The van der Waals surface area contributed by atoms with Crippen LogP contribution in [0.2, 0.25) is 5.02 Å². The van der Waals surface area contributed by atoms with Gasteiger partial charge in [-0.2, -0.15) is 18.4 Å². The Morgan fingerprint density at radius 1 is 1.10 bits per heavy atom. The number of nitrogens with zero attached hydrogens (tertiary/aromatic N) is 1. The van der Waals surface area contributed by atoms with Crippen LogP contribution < -0.4 is 5.32 Å². The SMILES string of the molecule is N#C/C(=C/c1ccc(-c2cccc(C(F)(F)F)c2)o1)C(=O)Nc1ccc(Cl)cc1. The highest BCUT2D eigenvalue weighted by Gasteiger charge is 2.30. The van der Waals surface area contributed by atoms with Crippen LogP contribution in [0.3, 0.4) is 0 Å². The first-order valence-electron chi connectivity index (χ1n) is 8.22. The predicted molar refractivity (Wildman–Crippen MR) is 103 cm³/mol. The first-order chi connectivity index (χ1) is 13.8. The number of rotatable bonds is 4. The van der Waals surface area contributed by atoms with Gasteiger partial charge in [0.15, 0.2) is 0 Å². The molecule has 3 aromatic rings. The molecule has 0 fully saturated rings. The monoisotopic (exact) mass is 416 g/mol. The molecule has 0 spiro atoms. The first-order valence-corrected chi connectivity index (χ1v) is 8.60. The van der Waals surface area contributed by atoms with E-state index in [2.05, 4.69) is 5.32 Å². The van der Waals surface area contributed by atoms with Crippen LogP contribution in [0.4, 0.5) is 18.9 Å². The fraction of sp³-hybridized carbons (Fsp3) is 0.0476. The summed E-state index contributed by atoms with van der Waals surface area (Å²) >= 11 is 5.78. The second kappa shape index (κ2) is 8.25. The van der Waals surface area contributed by atoms with Crippen LogP contribution >= 0.6 is 11.6 Å². The van der Waals surface area contributed by atoms with Gasteiger partial charge in [0.25, 0.3) is 5.91 Å². The van der Waals surface area contributed by atoms with Gasteiger partial charge in [-0.15, -0.1) is 0 Å². The third-order valence-electron chi connectivity index (χ3n) is 3.85. The van der Waals surface area contributed by atoms with Crippen molar-refractivity contribution in [2.24, 2.45) is 0 Å². The van der Waals surface area contributed by atoms with E-state index in [1.54, 1.807) is 30.3 Å². The van der Waals surface area contributed by atoms with E-state index >= 15 is 0 Å². The van der Waals surface area contributed by atoms with E-state index < -0.39 is 17.6 Å². The fourth-order valence-electron chi connectivity index (χ4n) is 2.46. The minimum absolute atomic E-state index is 0.153. The van der Waals surface area contributed by atoms with E-state index in [-0.39, 0.29) is 22.7 Å². The molecule has 1 N–H and O–H groups in total. The first kappa shape index (κ1) is 20.2. The maximum absolute atomic E-state index is 12.9. The van der Waals surface area contributed by atoms with Gasteiger partial charge in [0.1, 0.15) is 23.2 Å². The fourth-order valence-corrected chi connectivity index (χ4v) is 2.58. The zero-order chi connectivity index (χ0) is 21.0. The van der Waals surface area contributed by atoms with Crippen LogP contribution in [0, 0.1) is 11.3 Å². The third kappa shape index (κ3) is 5.06. The van der Waals surface area contributed by atoms with Crippen LogP contribution in [0.15, 0.2) is 70.7 Å². The van der Waals surface area contributed by atoms with E-state index in [1.165, 1.54) is 30.3 Å². The van der Waals surface area contributed by atoms with Crippen molar-refractivity contribution >= 4 is 29.3 Å². The summed E-state index contributed by atoms with van der Waals surface area (Å²) in [5.74, 6) is -0.329. The Morgan fingerprint density at radius 3 is 2.48 bits per heavy atom. The molecule has 1 aromatic heterocycles. The average molecular weight is 417 g/mol. The maximum Gasteiger partial charge on any atom is 0.416 e. The molecular formula is C21H12ClF3N2O2. The number of benzene rings is 2. The van der Waals surface area contributed by atoms with Crippen molar-refractivity contribution in [1.82, 2.24) is 0 Å². The van der Waals surface area contributed by atoms with E-state index in [0.29, 0.717) is 10.7 Å². The molecule has 0 aliphatic heterocycles. The maximum atomic E-state index is 12.9. The number of alkyl halides is 3. The van der Waals surface area contributed by atoms with Crippen molar-refractivity contribution in [2.45, 2.75) is 6.18 Å². The molecule has 0 atom stereocenters. The lowest BCUT2D eigenvalue weighted by molar-refractivity contribution is -0.137. The van der Waals surface area contributed by atoms with Gasteiger partial charge in [-0.1, -0.05) is 23.7 Å². The molecule has 0 saturated carbocycles. The van der Waals surface area contributed by atoms with Crippen molar-refractivity contribution < 1.29 is 22.4 Å². The molecule has 146 valence electrons. The molecule has 1 amide bonds. The number of nitriles is 1. The second-order valence-corrected chi connectivity index (χ2v) is 6.35.